The molecular weight excluding hydrogens is 402 g/mol. The third-order valence-corrected chi connectivity index (χ3v) is 4.81. The van der Waals surface area contributed by atoms with Crippen molar-refractivity contribution in [1.82, 2.24) is 5.32 Å². The van der Waals surface area contributed by atoms with Crippen molar-refractivity contribution in [3.63, 3.8) is 0 Å². The van der Waals surface area contributed by atoms with Crippen molar-refractivity contribution >= 4 is 21.8 Å². The molecule has 1 heterocycles. The van der Waals surface area contributed by atoms with Gasteiger partial charge in [-0.25, -0.2) is 0 Å². The molecule has 0 aliphatic carbocycles. The molecule has 2 aromatic carbocycles. The van der Waals surface area contributed by atoms with Gasteiger partial charge in [0.15, 0.2) is 23.0 Å². The van der Waals surface area contributed by atoms with Gasteiger partial charge in [0.25, 0.3) is 0 Å². The van der Waals surface area contributed by atoms with Crippen LogP contribution in [-0.4, -0.2) is 33.5 Å². The lowest BCUT2D eigenvalue weighted by molar-refractivity contribution is -0.120. The number of nitrogens with one attached hydrogen (secondary N) is 1. The monoisotopic (exact) mass is 421 g/mol. The van der Waals surface area contributed by atoms with E-state index in [1.54, 1.807) is 14.2 Å². The second-order valence-electron chi connectivity index (χ2n) is 5.76. The lowest BCUT2D eigenvalue weighted by atomic mass is 10.1. The highest BCUT2D eigenvalue weighted by atomic mass is 79.9. The molecule has 0 unspecified atom stereocenters. The molecule has 0 saturated carbocycles. The van der Waals surface area contributed by atoms with Gasteiger partial charge in [0, 0.05) is 11.0 Å². The Bertz CT molecular complexity index is 809. The molecule has 3 rings (SSSR count). The first kappa shape index (κ1) is 18.4. The van der Waals surface area contributed by atoms with Crippen LogP contribution in [0.3, 0.4) is 0 Å². The predicted molar refractivity (Wildman–Crippen MR) is 100 cm³/mol. The number of rotatable bonds is 7. The normalized spacial score (nSPS) is 12.0. The lowest BCUT2D eigenvalue weighted by Gasteiger charge is -2.10. The Balaban J connectivity index is 1.53. The molecule has 7 heteroatoms. The van der Waals surface area contributed by atoms with Crippen molar-refractivity contribution in [2.75, 3.05) is 27.6 Å². The highest BCUT2D eigenvalue weighted by molar-refractivity contribution is 9.10. The van der Waals surface area contributed by atoms with Crippen molar-refractivity contribution in [3.8, 4) is 23.0 Å². The van der Waals surface area contributed by atoms with Crippen LogP contribution in [0.25, 0.3) is 0 Å². The van der Waals surface area contributed by atoms with Gasteiger partial charge >= 0.3 is 0 Å². The van der Waals surface area contributed by atoms with Crippen LogP contribution in [0.5, 0.6) is 23.0 Å². The van der Waals surface area contributed by atoms with E-state index in [4.69, 9.17) is 18.9 Å². The highest BCUT2D eigenvalue weighted by Crippen LogP contribution is 2.37. The minimum Gasteiger partial charge on any atom is -0.493 e. The molecule has 0 bridgehead atoms. The molecule has 1 N–H and O–H groups in total. The summed E-state index contributed by atoms with van der Waals surface area (Å²) in [6.07, 6.45) is 0.970. The Morgan fingerprint density at radius 3 is 2.58 bits per heavy atom. The third kappa shape index (κ3) is 4.22. The van der Waals surface area contributed by atoms with Crippen LogP contribution >= 0.6 is 15.9 Å². The number of hydrogen-bond acceptors (Lipinski definition) is 5. The number of carbonyl (C=O) groups excluding carboxylic acids is 1. The maximum Gasteiger partial charge on any atom is 0.231 e. The van der Waals surface area contributed by atoms with E-state index >= 15 is 0 Å². The number of ether oxygens (including phenoxy) is 4. The first-order valence-electron chi connectivity index (χ1n) is 8.16. The summed E-state index contributed by atoms with van der Waals surface area (Å²) >= 11 is 3.47. The maximum absolute atomic E-state index is 12.2. The number of amides is 1. The molecular formula is C19H20BrNO5. The zero-order valence-electron chi connectivity index (χ0n) is 14.6. The average molecular weight is 422 g/mol. The van der Waals surface area contributed by atoms with E-state index in [1.807, 2.05) is 30.3 Å². The minimum absolute atomic E-state index is 0.0509. The Kier molecular flexibility index (Phi) is 5.88. The Morgan fingerprint density at radius 2 is 1.85 bits per heavy atom. The van der Waals surface area contributed by atoms with Crippen LogP contribution in [0.1, 0.15) is 11.1 Å². The molecule has 26 heavy (non-hydrogen) atoms. The highest BCUT2D eigenvalue weighted by Gasteiger charge is 2.17. The van der Waals surface area contributed by atoms with Crippen LogP contribution in [0, 0.1) is 0 Å². The third-order valence-electron chi connectivity index (χ3n) is 4.08. The number of fused-ring (bicyclic) bond motifs is 1. The lowest BCUT2D eigenvalue weighted by Crippen LogP contribution is -2.27. The zero-order chi connectivity index (χ0) is 18.5. The van der Waals surface area contributed by atoms with Gasteiger partial charge < -0.3 is 24.3 Å². The first-order chi connectivity index (χ1) is 12.6. The Hall–Kier alpha value is -2.41. The Morgan fingerprint density at radius 1 is 1.12 bits per heavy atom. The molecule has 138 valence electrons. The van der Waals surface area contributed by atoms with Gasteiger partial charge in [0.2, 0.25) is 12.7 Å². The summed E-state index contributed by atoms with van der Waals surface area (Å²) in [5.41, 5.74) is 1.92. The fraction of sp³-hybridized carbons (Fsp3) is 0.316. The quantitative estimate of drug-likeness (QED) is 0.743. The Labute approximate surface area is 160 Å². The molecule has 6 nitrogen and oxygen atoms in total. The van der Waals surface area contributed by atoms with Gasteiger partial charge in [-0.15, -0.1) is 0 Å². The molecule has 0 fully saturated rings. The summed E-state index contributed by atoms with van der Waals surface area (Å²) in [5.74, 6) is 2.68. The molecule has 2 aromatic rings. The van der Waals surface area contributed by atoms with Crippen LogP contribution in [0.2, 0.25) is 0 Å². The van der Waals surface area contributed by atoms with Crippen LogP contribution in [0.4, 0.5) is 0 Å². The largest absolute Gasteiger partial charge is 0.493 e. The van der Waals surface area contributed by atoms with Crippen molar-refractivity contribution in [2.45, 2.75) is 12.8 Å². The fourth-order valence-corrected chi connectivity index (χ4v) is 3.18. The summed E-state index contributed by atoms with van der Waals surface area (Å²) in [7, 11) is 3.21. The molecule has 0 atom stereocenters. The van der Waals surface area contributed by atoms with Crippen molar-refractivity contribution in [2.24, 2.45) is 0 Å². The minimum atomic E-state index is -0.0509. The molecule has 0 spiro atoms. The second kappa shape index (κ2) is 8.31. The van der Waals surface area contributed by atoms with E-state index in [1.165, 1.54) is 0 Å². The molecule has 1 aliphatic heterocycles. The van der Waals surface area contributed by atoms with Crippen molar-refractivity contribution in [3.05, 3.63) is 45.9 Å². The van der Waals surface area contributed by atoms with E-state index in [0.717, 1.165) is 15.6 Å². The van der Waals surface area contributed by atoms with Crippen LogP contribution in [-0.2, 0) is 17.6 Å². The zero-order valence-corrected chi connectivity index (χ0v) is 16.2. The van der Waals surface area contributed by atoms with E-state index in [2.05, 4.69) is 21.2 Å². The number of halogens is 1. The number of benzene rings is 2. The number of hydrogen-bond donors (Lipinski definition) is 1. The number of methoxy groups -OCH3 is 2. The summed E-state index contributed by atoms with van der Waals surface area (Å²) in [6.45, 7) is 0.749. The predicted octanol–water partition coefficient (Wildman–Crippen LogP) is 3.10. The maximum atomic E-state index is 12.2. The van der Waals surface area contributed by atoms with Gasteiger partial charge in [-0.2, -0.15) is 0 Å². The molecule has 1 amide bonds. The van der Waals surface area contributed by atoms with Crippen molar-refractivity contribution < 1.29 is 23.7 Å². The topological polar surface area (TPSA) is 66.0 Å². The molecule has 0 saturated heterocycles. The summed E-state index contributed by atoms with van der Waals surface area (Å²) in [5, 5.41) is 2.94. The molecule has 0 radical (unpaired) electrons. The van der Waals surface area contributed by atoms with Gasteiger partial charge in [0.1, 0.15) is 0 Å². The SMILES string of the molecule is COc1ccc(CCNC(=O)Cc2cc3c(cc2Br)OCO3)cc1OC. The van der Waals surface area contributed by atoms with Gasteiger partial charge in [0.05, 0.1) is 20.6 Å². The molecule has 1 aliphatic rings. The summed E-state index contributed by atoms with van der Waals surface area (Å²) < 4.78 is 22.0. The summed E-state index contributed by atoms with van der Waals surface area (Å²) in [4.78, 5) is 12.2. The fourth-order valence-electron chi connectivity index (χ4n) is 2.71. The van der Waals surface area contributed by atoms with Gasteiger partial charge in [-0.1, -0.05) is 22.0 Å². The average Bonchev–Trinajstić information content (AvgIpc) is 3.08. The number of carbonyl (C=O) groups is 1. The smallest absolute Gasteiger partial charge is 0.231 e. The van der Waals surface area contributed by atoms with Crippen LogP contribution in [0.15, 0.2) is 34.8 Å². The van der Waals surface area contributed by atoms with Crippen molar-refractivity contribution in [1.29, 1.82) is 0 Å². The molecule has 0 aromatic heterocycles. The second-order valence-corrected chi connectivity index (χ2v) is 6.62. The van der Waals surface area contributed by atoms with Gasteiger partial charge in [-0.3, -0.25) is 4.79 Å². The van der Waals surface area contributed by atoms with E-state index in [0.29, 0.717) is 36.0 Å². The summed E-state index contributed by atoms with van der Waals surface area (Å²) in [6, 6.07) is 9.40. The van der Waals surface area contributed by atoms with E-state index in [9.17, 15) is 4.79 Å². The van der Waals surface area contributed by atoms with Crippen LogP contribution < -0.4 is 24.3 Å². The van der Waals surface area contributed by atoms with Gasteiger partial charge in [-0.05, 0) is 41.8 Å². The van der Waals surface area contributed by atoms with E-state index in [-0.39, 0.29) is 19.1 Å². The van der Waals surface area contributed by atoms with E-state index < -0.39 is 0 Å². The standard InChI is InChI=1S/C19H20BrNO5/c1-23-15-4-3-12(7-16(15)24-2)5-6-21-19(22)9-13-8-17-18(10-14(13)20)26-11-25-17/h3-4,7-8,10H,5-6,9,11H2,1-2H3,(H,21,22). The first-order valence-corrected chi connectivity index (χ1v) is 8.95.